The number of carbonyl (C=O) groups is 2. The fourth-order valence-corrected chi connectivity index (χ4v) is 16.2. The van der Waals surface area contributed by atoms with Crippen molar-refractivity contribution in [3.63, 3.8) is 0 Å². The highest BCUT2D eigenvalue weighted by atomic mass is 79.9. The first-order valence-corrected chi connectivity index (χ1v) is 35.8. The Morgan fingerprint density at radius 3 is 1.11 bits per heavy atom. The number of ether oxygens (including phenoxy) is 7. The third kappa shape index (κ3) is 20.8. The van der Waals surface area contributed by atoms with Gasteiger partial charge in [0.2, 0.25) is 0 Å². The number of aromatic nitrogens is 2. The van der Waals surface area contributed by atoms with E-state index in [2.05, 4.69) is 58.2 Å². The SMILES string of the molecule is CN.COc1cc(Br)nc(C(=O)NC2CC3CC2C[C@@H]3COCc2cccc(C(F)(F)F)c2)c1OCc1ccccc1.COc1cc(Br)nc(C(=O)NC2CC3CC2C[C@@H]3COCc2cccc(C(F)(F)F)c2)c1OCc1ccccc1.FC(F)(F)c1cccc(COC[C@H]2CC3CCC2C3)c1. The molecule has 4 N–H and O–H groups in total. The van der Waals surface area contributed by atoms with E-state index >= 15 is 0 Å². The number of nitrogens with one attached hydrogen (secondary N) is 2. The summed E-state index contributed by atoms with van der Waals surface area (Å²) in [5.41, 5.74) is 6.40. The highest BCUT2D eigenvalue weighted by Gasteiger charge is 2.48. The summed E-state index contributed by atoms with van der Waals surface area (Å²) in [6.07, 6.45) is -2.39. The minimum absolute atomic E-state index is 0.00553. The number of hydrogen-bond donors (Lipinski definition) is 3. The average molecular weight is 1550 g/mol. The maximum atomic E-state index is 13.4. The Bertz CT molecular complexity index is 3690. The molecule has 102 heavy (non-hydrogen) atoms. The summed E-state index contributed by atoms with van der Waals surface area (Å²) in [5.74, 6) is 5.06. The number of carbonyl (C=O) groups excluding carboxylic acids is 2. The van der Waals surface area contributed by atoms with Crippen LogP contribution in [0.1, 0.15) is 130 Å². The number of fused-ring (bicyclic) bond motifs is 6. The van der Waals surface area contributed by atoms with Crippen molar-refractivity contribution in [2.45, 2.75) is 128 Å². The molecule has 548 valence electrons. The number of benzene rings is 5. The fraction of sp³-hybridized carbons (Fsp3) is 0.455. The zero-order valence-corrected chi connectivity index (χ0v) is 59.9. The van der Waals surface area contributed by atoms with E-state index < -0.39 is 35.2 Å². The highest BCUT2D eigenvalue weighted by molar-refractivity contribution is 9.10. The van der Waals surface area contributed by atoms with Crippen molar-refractivity contribution in [2.75, 3.05) is 41.1 Å². The Morgan fingerprint density at radius 2 is 0.794 bits per heavy atom. The van der Waals surface area contributed by atoms with Crippen LogP contribution >= 0.6 is 31.9 Å². The minimum Gasteiger partial charge on any atom is -0.493 e. The number of alkyl halides is 9. The minimum atomic E-state index is -4.37. The Hall–Kier alpha value is -7.29. The third-order valence-electron chi connectivity index (χ3n) is 20.2. The molecule has 13 rings (SSSR count). The molecular weight excluding hydrogens is 1470 g/mol. The van der Waals surface area contributed by atoms with E-state index in [1.807, 2.05) is 60.7 Å². The van der Waals surface area contributed by atoms with Crippen LogP contribution in [0.2, 0.25) is 0 Å². The summed E-state index contributed by atoms with van der Waals surface area (Å²) >= 11 is 6.73. The largest absolute Gasteiger partial charge is 0.493 e. The lowest BCUT2D eigenvalue weighted by Gasteiger charge is -2.28. The lowest BCUT2D eigenvalue weighted by atomic mass is 9.86. The molecule has 0 saturated heterocycles. The molecular formula is C77H84Br2F9N5O9. The lowest BCUT2D eigenvalue weighted by Crippen LogP contribution is -2.40. The van der Waals surface area contributed by atoms with Gasteiger partial charge < -0.3 is 49.5 Å². The lowest BCUT2D eigenvalue weighted by molar-refractivity contribution is -0.138. The van der Waals surface area contributed by atoms with E-state index in [0.717, 1.165) is 91.8 Å². The molecule has 8 unspecified atom stereocenters. The van der Waals surface area contributed by atoms with Gasteiger partial charge in [0.05, 0.1) is 70.6 Å². The molecule has 25 heteroatoms. The van der Waals surface area contributed by atoms with Gasteiger partial charge >= 0.3 is 18.5 Å². The summed E-state index contributed by atoms with van der Waals surface area (Å²) in [6, 6.07) is 38.5. The zero-order chi connectivity index (χ0) is 72.7. The van der Waals surface area contributed by atoms with Crippen molar-refractivity contribution in [2.24, 2.45) is 59.0 Å². The Balaban J connectivity index is 0.000000171. The molecule has 6 aliphatic carbocycles. The first-order valence-electron chi connectivity index (χ1n) is 34.2. The number of pyridine rings is 2. The first kappa shape index (κ1) is 77.3. The van der Waals surface area contributed by atoms with Crippen LogP contribution in [0.25, 0.3) is 0 Å². The van der Waals surface area contributed by atoms with Crippen LogP contribution in [0.4, 0.5) is 39.5 Å². The van der Waals surface area contributed by atoms with Gasteiger partial charge in [-0.3, -0.25) is 9.59 Å². The standard InChI is InChI=1S/2C30H30BrF3N2O4.C16H19F3O.CH5N/c2*1-38-25-14-26(31)36-27(28(25)40-16-18-6-3-2-4-7-18)29(37)35-24-13-20-11-21(24)12-22(20)17-39-15-19-8-5-9-23(10-19)30(32,33)34;17-16(18,19)15-3-1-2-12(8-15)9-20-10-14-7-11-4-5-13(14)6-11;1-2/h2*2-10,14,20-22,24H,11-13,15-17H2,1H3,(H,35,37);1-3,8,11,13-14H,4-7,9-10H2;2H2,1H3/t2*20?,21?,22-,24?;11?,13?,14-;/m111./s1. The summed E-state index contributed by atoms with van der Waals surface area (Å²) in [5, 5.41) is 6.32. The smallest absolute Gasteiger partial charge is 0.416 e. The topological polar surface area (TPSA) is 175 Å². The summed E-state index contributed by atoms with van der Waals surface area (Å²) in [6.45, 7) is 2.74. The van der Waals surface area contributed by atoms with Gasteiger partial charge in [-0.05, 0) is 214 Å². The van der Waals surface area contributed by atoms with E-state index in [4.69, 9.17) is 33.2 Å². The Labute approximate surface area is 604 Å². The number of rotatable bonds is 24. The van der Waals surface area contributed by atoms with Gasteiger partial charge in [-0.2, -0.15) is 39.5 Å². The molecule has 5 aromatic carbocycles. The fourth-order valence-electron chi connectivity index (χ4n) is 15.4. The normalized spacial score (nSPS) is 22.9. The van der Waals surface area contributed by atoms with Crippen molar-refractivity contribution in [1.29, 1.82) is 0 Å². The molecule has 7 aromatic rings. The number of amides is 2. The van der Waals surface area contributed by atoms with Crippen molar-refractivity contribution in [3.05, 3.63) is 211 Å². The molecule has 0 radical (unpaired) electrons. The van der Waals surface area contributed by atoms with Crippen molar-refractivity contribution < 1.29 is 82.3 Å². The molecule has 11 atom stereocenters. The van der Waals surface area contributed by atoms with Gasteiger partial charge in [-0.25, -0.2) is 9.97 Å². The number of methoxy groups -OCH3 is 2. The van der Waals surface area contributed by atoms with Crippen LogP contribution in [0.5, 0.6) is 23.0 Å². The van der Waals surface area contributed by atoms with Crippen LogP contribution in [0.15, 0.2) is 155 Å². The van der Waals surface area contributed by atoms with Crippen LogP contribution < -0.4 is 35.3 Å². The van der Waals surface area contributed by atoms with Crippen LogP contribution in [0, 0.1) is 53.3 Å². The van der Waals surface area contributed by atoms with Gasteiger partial charge in [0.25, 0.3) is 11.8 Å². The zero-order valence-electron chi connectivity index (χ0n) is 56.7. The summed E-state index contributed by atoms with van der Waals surface area (Å²) < 4.78 is 157. The molecule has 6 bridgehead atoms. The molecule has 6 fully saturated rings. The summed E-state index contributed by atoms with van der Waals surface area (Å²) in [4.78, 5) is 35.6. The van der Waals surface area contributed by atoms with E-state index in [1.54, 1.807) is 30.3 Å². The van der Waals surface area contributed by atoms with Crippen LogP contribution in [-0.4, -0.2) is 75.0 Å². The van der Waals surface area contributed by atoms with Crippen molar-refractivity contribution >= 4 is 43.7 Å². The van der Waals surface area contributed by atoms with Crippen molar-refractivity contribution in [3.8, 4) is 23.0 Å². The van der Waals surface area contributed by atoms with Gasteiger partial charge in [0.1, 0.15) is 22.4 Å². The third-order valence-corrected chi connectivity index (χ3v) is 21.0. The number of nitrogens with two attached hydrogens (primary N) is 1. The molecule has 6 aliphatic rings. The van der Waals surface area contributed by atoms with Gasteiger partial charge in [-0.15, -0.1) is 0 Å². The van der Waals surface area contributed by atoms with E-state index in [-0.39, 0.29) is 79.8 Å². The molecule has 2 aromatic heterocycles. The van der Waals surface area contributed by atoms with E-state index in [0.29, 0.717) is 98.6 Å². The molecule has 0 spiro atoms. The second-order valence-electron chi connectivity index (χ2n) is 26.9. The Kier molecular flexibility index (Phi) is 26.9. The molecule has 6 saturated carbocycles. The maximum Gasteiger partial charge on any atom is 0.416 e. The maximum absolute atomic E-state index is 13.4. The number of hydrogen-bond acceptors (Lipinski definition) is 12. The molecule has 2 amide bonds. The monoisotopic (exact) mass is 1550 g/mol. The van der Waals surface area contributed by atoms with E-state index in [1.165, 1.54) is 71.2 Å². The van der Waals surface area contributed by atoms with Gasteiger partial charge in [0, 0.05) is 24.2 Å². The van der Waals surface area contributed by atoms with Crippen LogP contribution in [0.3, 0.4) is 0 Å². The quantitative estimate of drug-likeness (QED) is 0.0386. The van der Waals surface area contributed by atoms with E-state index in [9.17, 15) is 49.1 Å². The molecule has 14 nitrogen and oxygen atoms in total. The number of nitrogens with zero attached hydrogens (tertiary/aromatic N) is 2. The molecule has 2 heterocycles. The second-order valence-corrected chi connectivity index (χ2v) is 28.5. The predicted octanol–water partition coefficient (Wildman–Crippen LogP) is 17.9. The predicted molar refractivity (Wildman–Crippen MR) is 372 cm³/mol. The average Bonchev–Trinajstić information content (AvgIpc) is 1.65. The van der Waals surface area contributed by atoms with Gasteiger partial charge in [0.15, 0.2) is 34.4 Å². The Morgan fingerprint density at radius 1 is 0.431 bits per heavy atom. The highest BCUT2D eigenvalue weighted by Crippen LogP contribution is 2.51. The molecule has 0 aliphatic heterocycles. The van der Waals surface area contributed by atoms with Crippen LogP contribution in [-0.2, 0) is 65.8 Å². The van der Waals surface area contributed by atoms with Crippen molar-refractivity contribution in [1.82, 2.24) is 20.6 Å². The second kappa shape index (κ2) is 35.5. The first-order chi connectivity index (χ1) is 48.9. The summed E-state index contributed by atoms with van der Waals surface area (Å²) in [7, 11) is 4.54. The van der Waals surface area contributed by atoms with Gasteiger partial charge in [-0.1, -0.05) is 103 Å². The number of halogens is 11.